The number of nitrogens with zero attached hydrogens (tertiary/aromatic N) is 6. The van der Waals surface area contributed by atoms with Crippen LogP contribution in [0.3, 0.4) is 0 Å². The smallest absolute Gasteiger partial charge is 0.243 e. The van der Waals surface area contributed by atoms with Crippen LogP contribution in [0.15, 0.2) is 47.4 Å². The van der Waals surface area contributed by atoms with Gasteiger partial charge in [-0.25, -0.2) is 23.1 Å². The molecule has 0 amide bonds. The lowest BCUT2D eigenvalue weighted by molar-refractivity contribution is 0.432. The summed E-state index contributed by atoms with van der Waals surface area (Å²) in [5.41, 5.74) is 5.27. The quantitative estimate of drug-likeness (QED) is 0.333. The van der Waals surface area contributed by atoms with E-state index in [1.54, 1.807) is 4.31 Å². The lowest BCUT2D eigenvalue weighted by atomic mass is 10.1. The number of fused-ring (bicyclic) bond motifs is 1. The third-order valence-corrected chi connectivity index (χ3v) is 9.48. The maximum Gasteiger partial charge on any atom is 0.243 e. The van der Waals surface area contributed by atoms with Crippen LogP contribution in [0.4, 0.5) is 5.82 Å². The average Bonchev–Trinajstić information content (AvgIpc) is 3.02. The summed E-state index contributed by atoms with van der Waals surface area (Å²) >= 11 is 0. The van der Waals surface area contributed by atoms with Gasteiger partial charge in [0.15, 0.2) is 5.65 Å². The molecule has 3 heterocycles. The second-order valence-corrected chi connectivity index (χ2v) is 12.9. The molecule has 8 nitrogen and oxygen atoms in total. The first-order valence-electron chi connectivity index (χ1n) is 13.7. The maximum atomic E-state index is 13.8. The first-order chi connectivity index (χ1) is 18.6. The number of anilines is 1. The van der Waals surface area contributed by atoms with E-state index < -0.39 is 10.0 Å². The fraction of sp³-hybridized carbons (Fsp3) is 0.433. The van der Waals surface area contributed by atoms with Crippen LogP contribution in [-0.4, -0.2) is 58.7 Å². The van der Waals surface area contributed by atoms with E-state index >= 15 is 0 Å². The summed E-state index contributed by atoms with van der Waals surface area (Å²) in [5, 5.41) is 5.78. The Morgan fingerprint density at radius 1 is 0.897 bits per heavy atom. The summed E-state index contributed by atoms with van der Waals surface area (Å²) < 4.78 is 31.2. The molecule has 0 radical (unpaired) electrons. The zero-order valence-electron chi connectivity index (χ0n) is 23.8. The molecule has 2 aromatic heterocycles. The van der Waals surface area contributed by atoms with Gasteiger partial charge in [-0.05, 0) is 63.3 Å². The summed E-state index contributed by atoms with van der Waals surface area (Å²) in [6.07, 6.45) is 1.46. The first kappa shape index (κ1) is 27.3. The van der Waals surface area contributed by atoms with Crippen LogP contribution in [0.5, 0.6) is 0 Å². The number of para-hydroxylation sites is 1. The lowest BCUT2D eigenvalue weighted by Gasteiger charge is -2.25. The van der Waals surface area contributed by atoms with E-state index in [0.29, 0.717) is 43.4 Å². The number of aromatic nitrogens is 4. The molecule has 4 aromatic rings. The molecule has 0 saturated carbocycles. The molecule has 1 aliphatic heterocycles. The summed E-state index contributed by atoms with van der Waals surface area (Å²) in [6, 6.07) is 13.9. The van der Waals surface area contributed by atoms with Crippen molar-refractivity contribution in [2.75, 3.05) is 31.1 Å². The van der Waals surface area contributed by atoms with E-state index in [2.05, 4.69) is 18.7 Å². The molecule has 206 valence electrons. The minimum Gasteiger partial charge on any atom is -0.355 e. The first-order valence-corrected chi connectivity index (χ1v) is 15.1. The van der Waals surface area contributed by atoms with E-state index in [1.165, 1.54) is 0 Å². The van der Waals surface area contributed by atoms with Gasteiger partial charge >= 0.3 is 0 Å². The molecule has 0 bridgehead atoms. The van der Waals surface area contributed by atoms with Gasteiger partial charge in [0.2, 0.25) is 10.0 Å². The van der Waals surface area contributed by atoms with Crippen molar-refractivity contribution in [3.05, 3.63) is 70.7 Å². The Morgan fingerprint density at radius 3 is 2.26 bits per heavy atom. The highest BCUT2D eigenvalue weighted by molar-refractivity contribution is 7.89. The fourth-order valence-electron chi connectivity index (χ4n) is 5.69. The van der Waals surface area contributed by atoms with Crippen molar-refractivity contribution in [2.45, 2.75) is 59.3 Å². The van der Waals surface area contributed by atoms with E-state index in [4.69, 9.17) is 15.1 Å². The summed E-state index contributed by atoms with van der Waals surface area (Å²) in [7, 11) is -3.62. The number of rotatable bonds is 6. The van der Waals surface area contributed by atoms with Crippen molar-refractivity contribution >= 4 is 26.9 Å². The molecule has 0 aliphatic carbocycles. The zero-order valence-corrected chi connectivity index (χ0v) is 24.6. The van der Waals surface area contributed by atoms with Crippen LogP contribution in [-0.2, 0) is 16.4 Å². The van der Waals surface area contributed by atoms with Crippen LogP contribution < -0.4 is 4.90 Å². The molecule has 5 rings (SSSR count). The molecule has 1 aliphatic rings. The SMILES string of the molecule is Cc1cc(C)c(S(=O)(=O)N2CCCN(c3nc(CC(C)C)nc4c3c(C)nn4-c3ccccc3)CC2)c(C)c1. The fourth-order valence-corrected chi connectivity index (χ4v) is 7.57. The molecule has 0 spiro atoms. The number of sulfonamides is 1. The van der Waals surface area contributed by atoms with Gasteiger partial charge in [0.05, 0.1) is 21.7 Å². The molecular formula is C30H38N6O2S. The van der Waals surface area contributed by atoms with E-state index in [9.17, 15) is 8.42 Å². The van der Waals surface area contributed by atoms with Crippen molar-refractivity contribution < 1.29 is 8.42 Å². The topological polar surface area (TPSA) is 84.2 Å². The molecular weight excluding hydrogens is 508 g/mol. The van der Waals surface area contributed by atoms with Gasteiger partial charge in [0.25, 0.3) is 0 Å². The Balaban J connectivity index is 1.53. The molecule has 0 N–H and O–H groups in total. The molecule has 39 heavy (non-hydrogen) atoms. The highest BCUT2D eigenvalue weighted by Crippen LogP contribution is 2.31. The number of aryl methyl sites for hydroxylation is 4. The summed E-state index contributed by atoms with van der Waals surface area (Å²) in [5.74, 6) is 2.02. The van der Waals surface area contributed by atoms with Crippen molar-refractivity contribution in [2.24, 2.45) is 5.92 Å². The van der Waals surface area contributed by atoms with Crippen LogP contribution in [0, 0.1) is 33.6 Å². The maximum absolute atomic E-state index is 13.8. The molecule has 2 aromatic carbocycles. The predicted molar refractivity (Wildman–Crippen MR) is 156 cm³/mol. The Bertz CT molecular complexity index is 1590. The predicted octanol–water partition coefficient (Wildman–Crippen LogP) is 5.15. The second-order valence-electron chi connectivity index (χ2n) is 11.1. The van der Waals surface area contributed by atoms with Gasteiger partial charge in [0, 0.05) is 32.6 Å². The third-order valence-electron chi connectivity index (χ3n) is 7.28. The van der Waals surface area contributed by atoms with Crippen LogP contribution in [0.25, 0.3) is 16.7 Å². The third kappa shape index (κ3) is 5.30. The number of hydrogen-bond acceptors (Lipinski definition) is 6. The molecule has 0 atom stereocenters. The van der Waals surface area contributed by atoms with Crippen molar-refractivity contribution in [3.8, 4) is 5.69 Å². The Morgan fingerprint density at radius 2 is 1.59 bits per heavy atom. The minimum atomic E-state index is -3.62. The van der Waals surface area contributed by atoms with Crippen molar-refractivity contribution in [1.82, 2.24) is 24.1 Å². The van der Waals surface area contributed by atoms with Crippen molar-refractivity contribution in [1.29, 1.82) is 0 Å². The van der Waals surface area contributed by atoms with E-state index in [0.717, 1.165) is 57.2 Å². The van der Waals surface area contributed by atoms with Gasteiger partial charge in [-0.2, -0.15) is 9.40 Å². The Labute approximate surface area is 231 Å². The minimum absolute atomic E-state index is 0.395. The molecule has 9 heteroatoms. The Hall–Kier alpha value is -3.30. The second kappa shape index (κ2) is 10.7. The van der Waals surface area contributed by atoms with Gasteiger partial charge in [-0.3, -0.25) is 0 Å². The number of hydrogen-bond donors (Lipinski definition) is 0. The normalized spacial score (nSPS) is 15.3. The van der Waals surface area contributed by atoms with Crippen LogP contribution in [0.2, 0.25) is 0 Å². The number of benzene rings is 2. The molecule has 1 saturated heterocycles. The lowest BCUT2D eigenvalue weighted by Crippen LogP contribution is -2.36. The van der Waals surface area contributed by atoms with Crippen molar-refractivity contribution in [3.63, 3.8) is 0 Å². The van der Waals surface area contributed by atoms with Gasteiger partial charge in [-0.1, -0.05) is 49.7 Å². The van der Waals surface area contributed by atoms with Gasteiger partial charge in [0.1, 0.15) is 11.6 Å². The summed E-state index contributed by atoms with van der Waals surface area (Å²) in [6.45, 7) is 14.2. The zero-order chi connectivity index (χ0) is 27.9. The monoisotopic (exact) mass is 546 g/mol. The van der Waals surface area contributed by atoms with E-state index in [-0.39, 0.29) is 0 Å². The Kier molecular flexibility index (Phi) is 7.48. The van der Waals surface area contributed by atoms with E-state index in [1.807, 2.05) is 74.8 Å². The summed E-state index contributed by atoms with van der Waals surface area (Å²) in [4.78, 5) is 12.7. The highest BCUT2D eigenvalue weighted by atomic mass is 32.2. The molecule has 1 fully saturated rings. The molecule has 0 unspecified atom stereocenters. The average molecular weight is 547 g/mol. The van der Waals surface area contributed by atoms with Gasteiger partial charge in [-0.15, -0.1) is 0 Å². The van der Waals surface area contributed by atoms with Gasteiger partial charge < -0.3 is 4.90 Å². The highest BCUT2D eigenvalue weighted by Gasteiger charge is 2.31. The van der Waals surface area contributed by atoms with Crippen LogP contribution >= 0.6 is 0 Å². The largest absolute Gasteiger partial charge is 0.355 e. The van der Waals surface area contributed by atoms with Crippen LogP contribution in [0.1, 0.15) is 48.5 Å². The standard InChI is InChI=1S/C30H38N6O2S/c1-20(2)17-26-31-29(27-24(6)33-36(30(27)32-26)25-11-8-7-9-12-25)34-13-10-14-35(16-15-34)39(37,38)28-22(4)18-21(3)19-23(28)5/h7-9,11-12,18-20H,10,13-17H2,1-6H3.